The molecule has 1 aromatic rings. The molecule has 1 rings (SSSR count). The van der Waals surface area contributed by atoms with Crippen molar-refractivity contribution in [3.8, 4) is 6.07 Å². The van der Waals surface area contributed by atoms with Gasteiger partial charge in [-0.3, -0.25) is 0 Å². The van der Waals surface area contributed by atoms with Crippen molar-refractivity contribution in [1.29, 1.82) is 5.26 Å². The number of nitriles is 1. The van der Waals surface area contributed by atoms with Gasteiger partial charge in [0.15, 0.2) is 0 Å². The van der Waals surface area contributed by atoms with Crippen LogP contribution in [-0.2, 0) is 0 Å². The maximum absolute atomic E-state index is 8.79. The molecule has 0 fully saturated rings. The molecule has 0 aromatic carbocycles. The summed E-state index contributed by atoms with van der Waals surface area (Å²) in [5.41, 5.74) is 0.661. The van der Waals surface area contributed by atoms with Crippen molar-refractivity contribution in [3.63, 3.8) is 0 Å². The monoisotopic (exact) mass is 259 g/mol. The van der Waals surface area contributed by atoms with Crippen LogP contribution in [-0.4, -0.2) is 11.5 Å². The maximum Gasteiger partial charge on any atom is 0.127 e. The van der Waals surface area contributed by atoms with Gasteiger partial charge in [0.25, 0.3) is 0 Å². The van der Waals surface area contributed by atoms with Crippen molar-refractivity contribution in [2.45, 2.75) is 58.3 Å². The average Bonchev–Trinajstić information content (AvgIpc) is 2.46. The Bertz CT molecular complexity index is 382. The van der Waals surface area contributed by atoms with E-state index in [0.717, 1.165) is 12.4 Å². The Kier molecular flexibility index (Phi) is 8.46. The predicted molar refractivity (Wildman–Crippen MR) is 80.1 cm³/mol. The molecule has 0 spiro atoms. The number of pyridine rings is 1. The summed E-state index contributed by atoms with van der Waals surface area (Å²) in [6.07, 6.45) is 12.3. The second-order valence-electron chi connectivity index (χ2n) is 4.94. The van der Waals surface area contributed by atoms with Gasteiger partial charge in [0.2, 0.25) is 0 Å². The Hall–Kier alpha value is -1.56. The first kappa shape index (κ1) is 15.5. The third kappa shape index (κ3) is 7.46. The van der Waals surface area contributed by atoms with Gasteiger partial charge in [-0.15, -0.1) is 0 Å². The van der Waals surface area contributed by atoms with Gasteiger partial charge in [0.1, 0.15) is 5.82 Å². The third-order valence-electron chi connectivity index (χ3n) is 3.23. The quantitative estimate of drug-likeness (QED) is 0.629. The van der Waals surface area contributed by atoms with E-state index in [-0.39, 0.29) is 0 Å². The highest BCUT2D eigenvalue weighted by Crippen LogP contribution is 2.09. The second-order valence-corrected chi connectivity index (χ2v) is 4.94. The highest BCUT2D eigenvalue weighted by molar-refractivity contribution is 5.42. The van der Waals surface area contributed by atoms with Crippen LogP contribution in [0.5, 0.6) is 0 Å². The van der Waals surface area contributed by atoms with E-state index in [4.69, 9.17) is 5.26 Å². The summed E-state index contributed by atoms with van der Waals surface area (Å²) in [6.45, 7) is 3.19. The molecule has 0 saturated carbocycles. The molecule has 19 heavy (non-hydrogen) atoms. The van der Waals surface area contributed by atoms with Crippen LogP contribution in [0, 0.1) is 11.3 Å². The first-order chi connectivity index (χ1) is 9.36. The minimum Gasteiger partial charge on any atom is -0.370 e. The van der Waals surface area contributed by atoms with E-state index in [1.165, 1.54) is 51.4 Å². The molecule has 0 amide bonds. The van der Waals surface area contributed by atoms with Crippen LogP contribution in [0.2, 0.25) is 0 Å². The van der Waals surface area contributed by atoms with Crippen molar-refractivity contribution < 1.29 is 0 Å². The lowest BCUT2D eigenvalue weighted by molar-refractivity contribution is 0.581. The Balaban J connectivity index is 2.00. The summed E-state index contributed by atoms with van der Waals surface area (Å²) < 4.78 is 0. The van der Waals surface area contributed by atoms with Crippen LogP contribution in [0.4, 0.5) is 5.82 Å². The van der Waals surface area contributed by atoms with Crippen LogP contribution < -0.4 is 5.32 Å². The zero-order valence-corrected chi connectivity index (χ0v) is 12.0. The Morgan fingerprint density at radius 3 is 2.47 bits per heavy atom. The lowest BCUT2D eigenvalue weighted by atomic mass is 10.1. The molecule has 0 radical (unpaired) electrons. The minimum atomic E-state index is 0.661. The number of rotatable bonds is 10. The summed E-state index contributed by atoms with van der Waals surface area (Å²) >= 11 is 0. The highest BCUT2D eigenvalue weighted by Gasteiger charge is 1.96. The Morgan fingerprint density at radius 1 is 1.11 bits per heavy atom. The Morgan fingerprint density at radius 2 is 1.79 bits per heavy atom. The van der Waals surface area contributed by atoms with E-state index in [1.807, 2.05) is 0 Å². The average molecular weight is 259 g/mol. The molecular formula is C16H25N3. The molecule has 3 heteroatoms. The molecule has 1 heterocycles. The molecule has 0 bridgehead atoms. The fourth-order valence-electron chi connectivity index (χ4n) is 2.07. The number of nitrogens with zero attached hydrogens (tertiary/aromatic N) is 2. The molecule has 1 N–H and O–H groups in total. The summed E-state index contributed by atoms with van der Waals surface area (Å²) in [5, 5.41) is 12.1. The summed E-state index contributed by atoms with van der Waals surface area (Å²) in [4.78, 5) is 4.19. The fourth-order valence-corrected chi connectivity index (χ4v) is 2.07. The topological polar surface area (TPSA) is 48.7 Å². The van der Waals surface area contributed by atoms with Gasteiger partial charge in [0, 0.05) is 12.7 Å². The van der Waals surface area contributed by atoms with Gasteiger partial charge >= 0.3 is 0 Å². The lowest BCUT2D eigenvalue weighted by Crippen LogP contribution is -2.03. The minimum absolute atomic E-state index is 0.661. The van der Waals surface area contributed by atoms with E-state index in [2.05, 4.69) is 23.3 Å². The predicted octanol–water partition coefficient (Wildman–Crippen LogP) is 4.51. The maximum atomic E-state index is 8.79. The largest absolute Gasteiger partial charge is 0.370 e. The Labute approximate surface area is 117 Å². The van der Waals surface area contributed by atoms with E-state index in [0.29, 0.717) is 5.56 Å². The number of hydrogen-bond donors (Lipinski definition) is 1. The number of hydrogen-bond acceptors (Lipinski definition) is 3. The molecule has 104 valence electrons. The highest BCUT2D eigenvalue weighted by atomic mass is 15.0. The standard InChI is InChI=1S/C16H25N3/c1-2-3-4-5-6-7-8-9-11-18-16-13-15(14-17)10-12-19-16/h10,12-13H,2-9,11H2,1H3,(H,18,19). The number of unbranched alkanes of at least 4 members (excludes halogenated alkanes) is 7. The van der Waals surface area contributed by atoms with Crippen molar-refractivity contribution in [2.24, 2.45) is 0 Å². The van der Waals surface area contributed by atoms with E-state index in [9.17, 15) is 0 Å². The second kappa shape index (κ2) is 10.4. The lowest BCUT2D eigenvalue weighted by Gasteiger charge is -2.05. The van der Waals surface area contributed by atoms with Crippen molar-refractivity contribution in [2.75, 3.05) is 11.9 Å². The summed E-state index contributed by atoms with van der Waals surface area (Å²) in [5.74, 6) is 0.807. The molecule has 0 aliphatic rings. The van der Waals surface area contributed by atoms with E-state index >= 15 is 0 Å². The number of anilines is 1. The zero-order chi connectivity index (χ0) is 13.8. The first-order valence-electron chi connectivity index (χ1n) is 7.47. The molecule has 3 nitrogen and oxygen atoms in total. The van der Waals surface area contributed by atoms with Gasteiger partial charge in [0.05, 0.1) is 11.6 Å². The summed E-state index contributed by atoms with van der Waals surface area (Å²) in [7, 11) is 0. The first-order valence-corrected chi connectivity index (χ1v) is 7.47. The normalized spacial score (nSPS) is 10.1. The molecule has 0 aliphatic heterocycles. The SMILES string of the molecule is CCCCCCCCCCNc1cc(C#N)ccn1. The van der Waals surface area contributed by atoms with Crippen LogP contribution in [0.15, 0.2) is 18.3 Å². The van der Waals surface area contributed by atoms with Gasteiger partial charge in [-0.05, 0) is 18.6 Å². The summed E-state index contributed by atoms with van der Waals surface area (Å²) in [6, 6.07) is 5.64. The van der Waals surface area contributed by atoms with Crippen LogP contribution in [0.25, 0.3) is 0 Å². The molecule has 1 aromatic heterocycles. The van der Waals surface area contributed by atoms with Gasteiger partial charge < -0.3 is 5.32 Å². The molecular weight excluding hydrogens is 234 g/mol. The van der Waals surface area contributed by atoms with E-state index < -0.39 is 0 Å². The zero-order valence-electron chi connectivity index (χ0n) is 12.0. The van der Waals surface area contributed by atoms with E-state index in [1.54, 1.807) is 18.3 Å². The van der Waals surface area contributed by atoms with Crippen molar-refractivity contribution >= 4 is 5.82 Å². The molecule has 0 aliphatic carbocycles. The van der Waals surface area contributed by atoms with Crippen LogP contribution >= 0.6 is 0 Å². The van der Waals surface area contributed by atoms with Crippen molar-refractivity contribution in [1.82, 2.24) is 4.98 Å². The van der Waals surface area contributed by atoms with Gasteiger partial charge in [-0.2, -0.15) is 5.26 Å². The van der Waals surface area contributed by atoms with Crippen LogP contribution in [0.3, 0.4) is 0 Å². The number of nitrogens with one attached hydrogen (secondary N) is 1. The van der Waals surface area contributed by atoms with Crippen molar-refractivity contribution in [3.05, 3.63) is 23.9 Å². The smallest absolute Gasteiger partial charge is 0.127 e. The molecule has 0 saturated heterocycles. The number of aromatic nitrogens is 1. The molecule has 0 unspecified atom stereocenters. The fraction of sp³-hybridized carbons (Fsp3) is 0.625. The van der Waals surface area contributed by atoms with Gasteiger partial charge in [-0.25, -0.2) is 4.98 Å². The van der Waals surface area contributed by atoms with Crippen LogP contribution in [0.1, 0.15) is 63.9 Å². The molecule has 0 atom stereocenters. The van der Waals surface area contributed by atoms with Gasteiger partial charge in [-0.1, -0.05) is 51.9 Å². The third-order valence-corrected chi connectivity index (χ3v) is 3.23.